The van der Waals surface area contributed by atoms with Gasteiger partial charge in [-0.05, 0) is 40.2 Å². The van der Waals surface area contributed by atoms with Gasteiger partial charge in [0.25, 0.3) is 0 Å². The second-order valence-corrected chi connectivity index (χ2v) is 4.71. The van der Waals surface area contributed by atoms with Crippen LogP contribution in [0.5, 0.6) is 0 Å². The first kappa shape index (κ1) is 14.6. The summed E-state index contributed by atoms with van der Waals surface area (Å²) >= 11 is 2.93. The van der Waals surface area contributed by atoms with Crippen molar-refractivity contribution in [2.24, 2.45) is 0 Å². The lowest BCUT2D eigenvalue weighted by Gasteiger charge is -2.07. The third-order valence-electron chi connectivity index (χ3n) is 2.52. The smallest absolute Gasteiger partial charge is 0.287 e. The minimum Gasteiger partial charge on any atom is -0.287 e. The highest BCUT2D eigenvalue weighted by Gasteiger charge is 2.31. The number of hydrogen-bond donors (Lipinski definition) is 0. The van der Waals surface area contributed by atoms with Crippen molar-refractivity contribution in [2.45, 2.75) is 6.18 Å². The van der Waals surface area contributed by atoms with Gasteiger partial charge in [-0.15, -0.1) is 0 Å². The van der Waals surface area contributed by atoms with Gasteiger partial charge >= 0.3 is 6.18 Å². The Labute approximate surface area is 119 Å². The molecule has 0 atom stereocenters. The van der Waals surface area contributed by atoms with Gasteiger partial charge in [-0.2, -0.15) is 13.2 Å². The van der Waals surface area contributed by atoms with Gasteiger partial charge in [-0.1, -0.05) is 6.07 Å². The summed E-state index contributed by atoms with van der Waals surface area (Å²) in [6.07, 6.45) is -3.99. The zero-order valence-corrected chi connectivity index (χ0v) is 11.3. The largest absolute Gasteiger partial charge is 0.417 e. The third kappa shape index (κ3) is 2.87. The molecule has 1 aromatic carbocycles. The Balaban J connectivity index is 2.37. The molecule has 0 aliphatic heterocycles. The first-order chi connectivity index (χ1) is 9.30. The van der Waals surface area contributed by atoms with Gasteiger partial charge in [0, 0.05) is 6.20 Å². The molecule has 2 nitrogen and oxygen atoms in total. The summed E-state index contributed by atoms with van der Waals surface area (Å²) in [4.78, 5) is 15.4. The van der Waals surface area contributed by atoms with Gasteiger partial charge in [0.1, 0.15) is 11.5 Å². The Morgan fingerprint density at radius 2 is 1.85 bits per heavy atom. The number of halogens is 5. The number of aromatic nitrogens is 1. The quantitative estimate of drug-likeness (QED) is 0.601. The molecular weight excluding hydrogens is 342 g/mol. The van der Waals surface area contributed by atoms with Crippen LogP contribution < -0.4 is 0 Å². The average molecular weight is 348 g/mol. The Morgan fingerprint density at radius 3 is 2.40 bits per heavy atom. The molecule has 0 saturated carbocycles. The molecule has 1 heterocycles. The Bertz CT molecular complexity index is 652. The maximum absolute atomic E-state index is 13.7. The van der Waals surface area contributed by atoms with Crippen molar-refractivity contribution in [1.29, 1.82) is 0 Å². The van der Waals surface area contributed by atoms with Crippen LogP contribution in [0.4, 0.5) is 17.6 Å². The molecule has 0 spiro atoms. The van der Waals surface area contributed by atoms with Crippen LogP contribution in [-0.4, -0.2) is 10.8 Å². The molecule has 0 N–H and O–H groups in total. The van der Waals surface area contributed by atoms with Crippen molar-refractivity contribution < 1.29 is 22.4 Å². The topological polar surface area (TPSA) is 30.0 Å². The normalized spacial score (nSPS) is 11.4. The van der Waals surface area contributed by atoms with Gasteiger partial charge in [0.05, 0.1) is 15.6 Å². The highest BCUT2D eigenvalue weighted by molar-refractivity contribution is 9.10. The third-order valence-corrected chi connectivity index (χ3v) is 3.13. The van der Waals surface area contributed by atoms with Crippen molar-refractivity contribution in [1.82, 2.24) is 4.98 Å². The van der Waals surface area contributed by atoms with Crippen LogP contribution in [0.25, 0.3) is 0 Å². The Morgan fingerprint density at radius 1 is 1.15 bits per heavy atom. The summed E-state index contributed by atoms with van der Waals surface area (Å²) in [6, 6.07) is 5.75. The molecule has 0 aliphatic rings. The number of carbonyl (C=O) groups excluding carboxylic acids is 1. The molecule has 0 amide bonds. The van der Waals surface area contributed by atoms with Crippen LogP contribution >= 0.6 is 15.9 Å². The second-order valence-electron chi connectivity index (χ2n) is 3.86. The molecule has 0 radical (unpaired) electrons. The summed E-state index contributed by atoms with van der Waals surface area (Å²) < 4.78 is 50.9. The molecule has 20 heavy (non-hydrogen) atoms. The molecule has 0 bridgehead atoms. The summed E-state index contributed by atoms with van der Waals surface area (Å²) in [5.41, 5.74) is -1.48. The van der Waals surface area contributed by atoms with Crippen molar-refractivity contribution in [3.8, 4) is 0 Å². The zero-order valence-electron chi connectivity index (χ0n) is 9.71. The summed E-state index contributed by atoms with van der Waals surface area (Å²) in [5.74, 6) is -1.56. The van der Waals surface area contributed by atoms with E-state index >= 15 is 0 Å². The average Bonchev–Trinajstić information content (AvgIpc) is 2.40. The lowest BCUT2D eigenvalue weighted by molar-refractivity contribution is -0.137. The van der Waals surface area contributed by atoms with E-state index in [1.165, 1.54) is 18.2 Å². The number of hydrogen-bond acceptors (Lipinski definition) is 2. The van der Waals surface area contributed by atoms with Crippen LogP contribution in [0.15, 0.2) is 41.0 Å². The molecule has 2 rings (SSSR count). The van der Waals surface area contributed by atoms with Crippen LogP contribution in [0.3, 0.4) is 0 Å². The van der Waals surface area contributed by atoms with E-state index < -0.39 is 23.3 Å². The van der Waals surface area contributed by atoms with E-state index in [0.717, 1.165) is 12.1 Å². The van der Waals surface area contributed by atoms with E-state index in [1.807, 2.05) is 0 Å². The number of benzene rings is 1. The van der Waals surface area contributed by atoms with Gasteiger partial charge in [-0.3, -0.25) is 9.78 Å². The maximum Gasteiger partial charge on any atom is 0.417 e. The van der Waals surface area contributed by atoms with E-state index in [-0.39, 0.29) is 15.7 Å². The minimum atomic E-state index is -4.53. The van der Waals surface area contributed by atoms with Gasteiger partial charge in [0.2, 0.25) is 5.78 Å². The molecule has 0 aliphatic carbocycles. The second kappa shape index (κ2) is 5.32. The van der Waals surface area contributed by atoms with E-state index in [4.69, 9.17) is 0 Å². The molecule has 0 unspecified atom stereocenters. The maximum atomic E-state index is 13.7. The van der Waals surface area contributed by atoms with E-state index in [9.17, 15) is 22.4 Å². The molecule has 0 saturated heterocycles. The first-order valence-electron chi connectivity index (χ1n) is 5.32. The number of ketones is 1. The SMILES string of the molecule is O=C(c1ccc(C(F)(F)F)cn1)c1cccc(Br)c1F. The monoisotopic (exact) mass is 347 g/mol. The number of rotatable bonds is 2. The number of pyridine rings is 1. The predicted molar refractivity (Wildman–Crippen MR) is 66.8 cm³/mol. The predicted octanol–water partition coefficient (Wildman–Crippen LogP) is 4.23. The van der Waals surface area contributed by atoms with Crippen LogP contribution in [0, 0.1) is 5.82 Å². The van der Waals surface area contributed by atoms with Crippen molar-refractivity contribution >= 4 is 21.7 Å². The molecule has 104 valence electrons. The first-order valence-corrected chi connectivity index (χ1v) is 6.12. The molecule has 1 aromatic heterocycles. The number of carbonyl (C=O) groups is 1. The van der Waals surface area contributed by atoms with Crippen LogP contribution in [0.1, 0.15) is 21.6 Å². The molecular formula is C13H6BrF4NO. The Hall–Kier alpha value is -1.76. The van der Waals surface area contributed by atoms with Crippen LogP contribution in [-0.2, 0) is 6.18 Å². The zero-order chi connectivity index (χ0) is 14.9. The van der Waals surface area contributed by atoms with Crippen molar-refractivity contribution in [2.75, 3.05) is 0 Å². The lowest BCUT2D eigenvalue weighted by Crippen LogP contribution is -2.10. The van der Waals surface area contributed by atoms with Gasteiger partial charge in [0.15, 0.2) is 0 Å². The fourth-order valence-electron chi connectivity index (χ4n) is 1.51. The summed E-state index contributed by atoms with van der Waals surface area (Å²) in [7, 11) is 0. The molecule has 0 fully saturated rings. The lowest BCUT2D eigenvalue weighted by atomic mass is 10.1. The van der Waals surface area contributed by atoms with E-state index in [1.54, 1.807) is 0 Å². The summed E-state index contributed by atoms with van der Waals surface area (Å²) in [6.45, 7) is 0. The molecule has 2 aromatic rings. The standard InChI is InChI=1S/C13H6BrF4NO/c14-9-3-1-2-8(11(9)15)12(20)10-5-4-7(6-19-10)13(16,17)18/h1-6H. The number of alkyl halides is 3. The minimum absolute atomic E-state index is 0.0928. The number of nitrogens with zero attached hydrogens (tertiary/aromatic N) is 1. The van der Waals surface area contributed by atoms with Gasteiger partial charge in [-0.25, -0.2) is 4.39 Å². The highest BCUT2D eigenvalue weighted by atomic mass is 79.9. The molecule has 7 heteroatoms. The fraction of sp³-hybridized carbons (Fsp3) is 0.0769. The van der Waals surface area contributed by atoms with E-state index in [0.29, 0.717) is 6.20 Å². The highest BCUT2D eigenvalue weighted by Crippen LogP contribution is 2.28. The Kier molecular flexibility index (Phi) is 3.89. The van der Waals surface area contributed by atoms with Gasteiger partial charge < -0.3 is 0 Å². The van der Waals surface area contributed by atoms with Crippen molar-refractivity contribution in [3.63, 3.8) is 0 Å². The summed E-state index contributed by atoms with van der Waals surface area (Å²) in [5, 5.41) is 0. The fourth-order valence-corrected chi connectivity index (χ4v) is 1.88. The van der Waals surface area contributed by atoms with Crippen LogP contribution in [0.2, 0.25) is 0 Å². The van der Waals surface area contributed by atoms with Crippen molar-refractivity contribution in [3.05, 3.63) is 63.6 Å². The van der Waals surface area contributed by atoms with E-state index in [2.05, 4.69) is 20.9 Å².